The lowest BCUT2D eigenvalue weighted by atomic mass is 9.89. The molecule has 1 aromatic rings. The van der Waals surface area contributed by atoms with Crippen LogP contribution in [0.3, 0.4) is 0 Å². The predicted molar refractivity (Wildman–Crippen MR) is 50.9 cm³/mol. The Morgan fingerprint density at radius 3 is 2.07 bits per heavy atom. The summed E-state index contributed by atoms with van der Waals surface area (Å²) in [6, 6.07) is 3.61. The van der Waals surface area contributed by atoms with Gasteiger partial charge in [-0.1, -0.05) is 0 Å². The smallest absolute Gasteiger partial charge is 0.126 e. The summed E-state index contributed by atoms with van der Waals surface area (Å²) in [4.78, 5) is 0. The van der Waals surface area contributed by atoms with Gasteiger partial charge in [-0.2, -0.15) is 0 Å². The van der Waals surface area contributed by atoms with Crippen LogP contribution in [-0.2, 0) is 5.41 Å². The molecule has 0 bridgehead atoms. The van der Waals surface area contributed by atoms with Gasteiger partial charge in [0.05, 0.1) is 0 Å². The van der Waals surface area contributed by atoms with E-state index in [1.165, 1.54) is 12.1 Å². The molecule has 3 heteroatoms. The van der Waals surface area contributed by atoms with Gasteiger partial charge in [-0.15, -0.1) is 0 Å². The van der Waals surface area contributed by atoms with Crippen molar-refractivity contribution < 1.29 is 8.78 Å². The third-order valence-corrected chi connectivity index (χ3v) is 3.10. The van der Waals surface area contributed by atoms with Crippen molar-refractivity contribution in [2.75, 3.05) is 0 Å². The van der Waals surface area contributed by atoms with Crippen LogP contribution in [0.25, 0.3) is 0 Å². The van der Waals surface area contributed by atoms with E-state index in [0.29, 0.717) is 5.56 Å². The molecule has 0 aliphatic heterocycles. The largest absolute Gasteiger partial charge is 0.327 e. The maximum absolute atomic E-state index is 13.0. The number of hydrogen-bond donors (Lipinski definition) is 1. The lowest BCUT2D eigenvalue weighted by molar-refractivity contribution is 0.533. The van der Waals surface area contributed by atoms with Crippen LogP contribution in [0.4, 0.5) is 8.78 Å². The Kier molecular flexibility index (Phi) is 2.07. The Labute approximate surface area is 81.9 Å². The number of nitrogens with two attached hydrogens (primary N) is 1. The normalized spacial score (nSPS) is 20.6. The van der Waals surface area contributed by atoms with E-state index < -0.39 is 11.6 Å². The Morgan fingerprint density at radius 1 is 1.21 bits per heavy atom. The minimum atomic E-state index is -0.521. The highest BCUT2D eigenvalue weighted by Crippen LogP contribution is 2.50. The molecule has 0 amide bonds. The molecule has 2 N–H and O–H groups in total. The first-order valence-corrected chi connectivity index (χ1v) is 4.77. The van der Waals surface area contributed by atoms with Crippen LogP contribution >= 0.6 is 0 Å². The van der Waals surface area contributed by atoms with E-state index in [1.54, 1.807) is 0 Å². The van der Waals surface area contributed by atoms with E-state index >= 15 is 0 Å². The topological polar surface area (TPSA) is 26.0 Å². The van der Waals surface area contributed by atoms with E-state index in [4.69, 9.17) is 5.73 Å². The van der Waals surface area contributed by atoms with E-state index in [0.717, 1.165) is 18.9 Å². The first-order valence-electron chi connectivity index (χ1n) is 4.77. The van der Waals surface area contributed by atoms with Gasteiger partial charge in [0.1, 0.15) is 11.6 Å². The lowest BCUT2D eigenvalue weighted by Crippen LogP contribution is -2.31. The second-order valence-corrected chi connectivity index (χ2v) is 4.10. The second-order valence-electron chi connectivity index (χ2n) is 4.10. The van der Waals surface area contributed by atoms with Crippen molar-refractivity contribution in [1.82, 2.24) is 0 Å². The summed E-state index contributed by atoms with van der Waals surface area (Å²) in [7, 11) is 0. The maximum atomic E-state index is 13.0. The van der Waals surface area contributed by atoms with Gasteiger partial charge in [0.15, 0.2) is 0 Å². The van der Waals surface area contributed by atoms with E-state index in [9.17, 15) is 8.78 Å². The highest BCUT2D eigenvalue weighted by atomic mass is 19.1. The third kappa shape index (κ3) is 1.42. The number of halogens is 2. The minimum absolute atomic E-state index is 0.0521. The number of benzene rings is 1. The van der Waals surface area contributed by atoms with Gasteiger partial charge in [-0.25, -0.2) is 8.78 Å². The molecule has 0 aromatic heterocycles. The zero-order valence-corrected chi connectivity index (χ0v) is 8.06. The van der Waals surface area contributed by atoms with Crippen LogP contribution in [0.15, 0.2) is 18.2 Å². The fourth-order valence-electron chi connectivity index (χ4n) is 1.98. The Bertz CT molecular complexity index is 336. The van der Waals surface area contributed by atoms with Crippen LogP contribution in [0.2, 0.25) is 0 Å². The highest BCUT2D eigenvalue weighted by molar-refractivity contribution is 5.34. The predicted octanol–water partition coefficient (Wildman–Crippen LogP) is 2.34. The summed E-state index contributed by atoms with van der Waals surface area (Å²) >= 11 is 0. The SMILES string of the molecule is CC(N)C1(c2cc(F)cc(F)c2)CC1. The molecular formula is C11H13F2N. The molecule has 1 saturated carbocycles. The maximum Gasteiger partial charge on any atom is 0.126 e. The van der Waals surface area contributed by atoms with Crippen LogP contribution in [0.5, 0.6) is 0 Å². The summed E-state index contributed by atoms with van der Waals surface area (Å²) in [5, 5.41) is 0. The Morgan fingerprint density at radius 2 is 1.71 bits per heavy atom. The average molecular weight is 197 g/mol. The molecule has 2 rings (SSSR count). The quantitative estimate of drug-likeness (QED) is 0.773. The van der Waals surface area contributed by atoms with Crippen LogP contribution in [0, 0.1) is 11.6 Å². The monoisotopic (exact) mass is 197 g/mol. The van der Waals surface area contributed by atoms with Gasteiger partial charge in [0.2, 0.25) is 0 Å². The van der Waals surface area contributed by atoms with Gasteiger partial charge in [-0.05, 0) is 37.5 Å². The number of hydrogen-bond acceptors (Lipinski definition) is 1. The summed E-state index contributed by atoms with van der Waals surface area (Å²) in [6.45, 7) is 1.88. The zero-order chi connectivity index (χ0) is 10.3. The third-order valence-electron chi connectivity index (χ3n) is 3.10. The van der Waals surface area contributed by atoms with Crippen LogP contribution in [-0.4, -0.2) is 6.04 Å². The molecule has 0 heterocycles. The molecule has 0 radical (unpaired) electrons. The molecule has 1 atom stereocenters. The van der Waals surface area contributed by atoms with Gasteiger partial charge < -0.3 is 5.73 Å². The molecular weight excluding hydrogens is 184 g/mol. The molecule has 14 heavy (non-hydrogen) atoms. The van der Waals surface area contributed by atoms with Gasteiger partial charge >= 0.3 is 0 Å². The summed E-state index contributed by atoms with van der Waals surface area (Å²) < 4.78 is 25.9. The molecule has 1 unspecified atom stereocenters. The second kappa shape index (κ2) is 3.02. The molecule has 1 aliphatic rings. The molecule has 0 saturated heterocycles. The van der Waals surface area contributed by atoms with Crippen molar-refractivity contribution in [3.8, 4) is 0 Å². The Hall–Kier alpha value is -0.960. The minimum Gasteiger partial charge on any atom is -0.327 e. The summed E-state index contributed by atoms with van der Waals surface area (Å²) in [6.07, 6.45) is 1.85. The first-order chi connectivity index (χ1) is 6.54. The standard InChI is InChI=1S/C11H13F2N/c1-7(14)11(2-3-11)8-4-9(12)6-10(13)5-8/h4-7H,2-3,14H2,1H3. The van der Waals surface area contributed by atoms with Crippen molar-refractivity contribution in [2.24, 2.45) is 5.73 Å². The van der Waals surface area contributed by atoms with Crippen LogP contribution in [0.1, 0.15) is 25.3 Å². The van der Waals surface area contributed by atoms with E-state index in [2.05, 4.69) is 0 Å². The Balaban J connectivity index is 2.42. The molecule has 1 fully saturated rings. The average Bonchev–Trinajstić information content (AvgIpc) is 2.81. The lowest BCUT2D eigenvalue weighted by Gasteiger charge is -2.20. The first kappa shape index (κ1) is 9.59. The van der Waals surface area contributed by atoms with Gasteiger partial charge in [-0.3, -0.25) is 0 Å². The van der Waals surface area contributed by atoms with Crippen molar-refractivity contribution in [1.29, 1.82) is 0 Å². The van der Waals surface area contributed by atoms with E-state index in [-0.39, 0.29) is 11.5 Å². The molecule has 0 spiro atoms. The molecule has 76 valence electrons. The summed E-state index contributed by atoms with van der Waals surface area (Å²) in [5.74, 6) is -1.04. The van der Waals surface area contributed by atoms with Crippen molar-refractivity contribution in [3.63, 3.8) is 0 Å². The van der Waals surface area contributed by atoms with Crippen molar-refractivity contribution in [2.45, 2.75) is 31.2 Å². The van der Waals surface area contributed by atoms with Gasteiger partial charge in [0.25, 0.3) is 0 Å². The van der Waals surface area contributed by atoms with Crippen molar-refractivity contribution in [3.05, 3.63) is 35.4 Å². The fraction of sp³-hybridized carbons (Fsp3) is 0.455. The van der Waals surface area contributed by atoms with Gasteiger partial charge in [0, 0.05) is 17.5 Å². The molecule has 1 aliphatic carbocycles. The van der Waals surface area contributed by atoms with E-state index in [1.807, 2.05) is 6.92 Å². The highest BCUT2D eigenvalue weighted by Gasteiger charge is 2.47. The molecule has 1 aromatic carbocycles. The fourth-order valence-corrected chi connectivity index (χ4v) is 1.98. The zero-order valence-electron chi connectivity index (χ0n) is 8.06. The van der Waals surface area contributed by atoms with Crippen LogP contribution < -0.4 is 5.73 Å². The van der Waals surface area contributed by atoms with Crippen molar-refractivity contribution >= 4 is 0 Å². The number of rotatable bonds is 2. The molecule has 1 nitrogen and oxygen atoms in total. The summed E-state index contributed by atoms with van der Waals surface area (Å²) in [5.41, 5.74) is 6.34.